The molecule has 196 valence electrons. The first kappa shape index (κ1) is 26.1. The molecule has 0 unspecified atom stereocenters. The number of carbonyl (C=O) groups is 3. The lowest BCUT2D eigenvalue weighted by molar-refractivity contribution is -0.119. The molecule has 1 aliphatic heterocycles. The molecule has 37 heavy (non-hydrogen) atoms. The Hall–Kier alpha value is -4.02. The second-order valence-electron chi connectivity index (χ2n) is 9.52. The predicted molar refractivity (Wildman–Crippen MR) is 137 cm³/mol. The number of aromatic amines is 1. The standard InChI is InChI=1S/C26H32N6O5/c1-16(2)31-13-14-32-17(15-20(34)23(35)22(32)26(31)37)9-10-18(33)7-4-3-5-11-28-25(36)21-19-8-6-12-27-24(19)30-29-21/h6,8,12,15-16,35H,3-5,7,9-11,13-14H2,1-2H3,(H,28,36)(H,27,29,30). The maximum Gasteiger partial charge on any atom is 0.274 e. The monoisotopic (exact) mass is 508 g/mol. The SMILES string of the molecule is CC(C)N1CCn2c(CCC(=O)CCCCCNC(=O)c3[nH]nc4ncccc34)cc(=O)c(O)c2C1=O. The highest BCUT2D eigenvalue weighted by Crippen LogP contribution is 2.23. The summed E-state index contributed by atoms with van der Waals surface area (Å²) < 4.78 is 1.67. The van der Waals surface area contributed by atoms with E-state index < -0.39 is 11.2 Å². The van der Waals surface area contributed by atoms with Crippen LogP contribution in [0, 0.1) is 0 Å². The zero-order valence-corrected chi connectivity index (χ0v) is 21.1. The van der Waals surface area contributed by atoms with Crippen molar-refractivity contribution in [2.45, 2.75) is 65.0 Å². The van der Waals surface area contributed by atoms with Gasteiger partial charge in [0.1, 0.15) is 11.5 Å². The Morgan fingerprint density at radius 3 is 2.76 bits per heavy atom. The summed E-state index contributed by atoms with van der Waals surface area (Å²) in [7, 11) is 0. The highest BCUT2D eigenvalue weighted by molar-refractivity contribution is 6.03. The van der Waals surface area contributed by atoms with Gasteiger partial charge in [-0.2, -0.15) is 5.10 Å². The number of pyridine rings is 2. The van der Waals surface area contributed by atoms with Gasteiger partial charge in [0, 0.05) is 56.5 Å². The maximum absolute atomic E-state index is 12.8. The van der Waals surface area contributed by atoms with E-state index in [1.54, 1.807) is 27.8 Å². The van der Waals surface area contributed by atoms with Crippen LogP contribution in [0.25, 0.3) is 11.0 Å². The Morgan fingerprint density at radius 2 is 1.97 bits per heavy atom. The van der Waals surface area contributed by atoms with Gasteiger partial charge in [-0.25, -0.2) is 4.98 Å². The van der Waals surface area contributed by atoms with Crippen LogP contribution in [0.5, 0.6) is 5.75 Å². The van der Waals surface area contributed by atoms with E-state index in [0.29, 0.717) is 61.3 Å². The third kappa shape index (κ3) is 5.71. The molecule has 11 nitrogen and oxygen atoms in total. The van der Waals surface area contributed by atoms with Gasteiger partial charge in [0.15, 0.2) is 17.1 Å². The summed E-state index contributed by atoms with van der Waals surface area (Å²) in [6.45, 7) is 5.21. The quantitative estimate of drug-likeness (QED) is 0.336. The Bertz CT molecular complexity index is 1380. The van der Waals surface area contributed by atoms with Crippen LogP contribution in [-0.2, 0) is 17.8 Å². The van der Waals surface area contributed by atoms with Crippen LogP contribution in [0.4, 0.5) is 0 Å². The highest BCUT2D eigenvalue weighted by Gasteiger charge is 2.31. The molecule has 0 aliphatic carbocycles. The predicted octanol–water partition coefficient (Wildman–Crippen LogP) is 2.18. The van der Waals surface area contributed by atoms with Crippen LogP contribution >= 0.6 is 0 Å². The Balaban J connectivity index is 1.21. The molecule has 0 radical (unpaired) electrons. The maximum atomic E-state index is 12.8. The number of carbonyl (C=O) groups excluding carboxylic acids is 3. The molecule has 0 fully saturated rings. The largest absolute Gasteiger partial charge is 0.503 e. The van der Waals surface area contributed by atoms with Gasteiger partial charge in [-0.3, -0.25) is 24.3 Å². The fourth-order valence-corrected chi connectivity index (χ4v) is 4.63. The van der Waals surface area contributed by atoms with E-state index in [9.17, 15) is 24.3 Å². The Labute approximate surface area is 213 Å². The Kier molecular flexibility index (Phi) is 8.00. The molecule has 3 N–H and O–H groups in total. The lowest BCUT2D eigenvalue weighted by atomic mass is 10.0. The number of hydrogen-bond donors (Lipinski definition) is 3. The fourth-order valence-electron chi connectivity index (χ4n) is 4.63. The number of hydrogen-bond acceptors (Lipinski definition) is 7. The van der Waals surface area contributed by atoms with Crippen molar-refractivity contribution >= 4 is 28.6 Å². The van der Waals surface area contributed by atoms with Gasteiger partial charge >= 0.3 is 0 Å². The van der Waals surface area contributed by atoms with Gasteiger partial charge in [-0.05, 0) is 45.2 Å². The molecule has 11 heteroatoms. The summed E-state index contributed by atoms with van der Waals surface area (Å²) in [5, 5.41) is 20.5. The number of fused-ring (bicyclic) bond motifs is 2. The van der Waals surface area contributed by atoms with E-state index in [-0.39, 0.29) is 35.8 Å². The third-order valence-electron chi connectivity index (χ3n) is 6.66. The smallest absolute Gasteiger partial charge is 0.274 e. The summed E-state index contributed by atoms with van der Waals surface area (Å²) in [4.78, 5) is 55.7. The van der Waals surface area contributed by atoms with E-state index in [1.165, 1.54) is 6.07 Å². The summed E-state index contributed by atoms with van der Waals surface area (Å²) in [6, 6.07) is 4.82. The number of rotatable bonds is 11. The van der Waals surface area contributed by atoms with Crippen LogP contribution in [0.2, 0.25) is 0 Å². The van der Waals surface area contributed by atoms with Crippen molar-refractivity contribution in [2.75, 3.05) is 13.1 Å². The highest BCUT2D eigenvalue weighted by atomic mass is 16.3. The van der Waals surface area contributed by atoms with Gasteiger partial charge in [0.2, 0.25) is 5.43 Å². The van der Waals surface area contributed by atoms with E-state index in [4.69, 9.17) is 0 Å². The van der Waals surface area contributed by atoms with Crippen molar-refractivity contribution in [2.24, 2.45) is 0 Å². The molecule has 0 saturated heterocycles. The molecular weight excluding hydrogens is 476 g/mol. The number of Topliss-reactive ketones (excluding diaryl/α,β-unsaturated/α-hetero) is 1. The molecule has 0 aromatic carbocycles. The number of H-pyrrole nitrogens is 1. The van der Waals surface area contributed by atoms with Gasteiger partial charge in [0.25, 0.3) is 11.8 Å². The average Bonchev–Trinajstić information content (AvgIpc) is 3.31. The molecule has 4 rings (SSSR count). The molecule has 2 amide bonds. The molecule has 1 aliphatic rings. The molecule has 0 spiro atoms. The van der Waals surface area contributed by atoms with E-state index in [2.05, 4.69) is 20.5 Å². The molecule has 3 aromatic heterocycles. The summed E-state index contributed by atoms with van der Waals surface area (Å²) >= 11 is 0. The lowest BCUT2D eigenvalue weighted by Crippen LogP contribution is -2.46. The second-order valence-corrected chi connectivity index (χ2v) is 9.52. The summed E-state index contributed by atoms with van der Waals surface area (Å²) in [6.07, 6.45) is 4.82. The van der Waals surface area contributed by atoms with Gasteiger partial charge in [0.05, 0.1) is 5.39 Å². The van der Waals surface area contributed by atoms with E-state index in [1.807, 2.05) is 13.8 Å². The van der Waals surface area contributed by atoms with E-state index >= 15 is 0 Å². The van der Waals surface area contributed by atoms with Crippen LogP contribution in [-0.4, -0.2) is 66.5 Å². The zero-order chi connectivity index (χ0) is 26.5. The van der Waals surface area contributed by atoms with E-state index in [0.717, 1.165) is 12.8 Å². The van der Waals surface area contributed by atoms with Crippen molar-refractivity contribution in [3.8, 4) is 5.75 Å². The summed E-state index contributed by atoms with van der Waals surface area (Å²) in [5.41, 5.74) is 0.873. The topological polar surface area (TPSA) is 150 Å². The number of aromatic hydroxyl groups is 1. The van der Waals surface area contributed by atoms with Crippen molar-refractivity contribution in [1.82, 2.24) is 30.0 Å². The molecule has 0 bridgehead atoms. The minimum Gasteiger partial charge on any atom is -0.503 e. The number of nitrogens with one attached hydrogen (secondary N) is 2. The van der Waals surface area contributed by atoms with Gasteiger partial charge in [-0.1, -0.05) is 6.42 Å². The number of nitrogens with zero attached hydrogens (tertiary/aromatic N) is 4. The zero-order valence-electron chi connectivity index (χ0n) is 21.1. The Morgan fingerprint density at radius 1 is 1.16 bits per heavy atom. The van der Waals surface area contributed by atoms with Crippen LogP contribution < -0.4 is 10.7 Å². The molecule has 3 aromatic rings. The third-order valence-corrected chi connectivity index (χ3v) is 6.66. The molecule has 4 heterocycles. The van der Waals surface area contributed by atoms with Crippen LogP contribution in [0.3, 0.4) is 0 Å². The van der Waals surface area contributed by atoms with Gasteiger partial charge in [-0.15, -0.1) is 0 Å². The normalized spacial score (nSPS) is 13.3. The first-order chi connectivity index (χ1) is 17.8. The van der Waals surface area contributed by atoms with Crippen molar-refractivity contribution < 1.29 is 19.5 Å². The molecule has 0 atom stereocenters. The van der Waals surface area contributed by atoms with Gasteiger partial charge < -0.3 is 19.9 Å². The van der Waals surface area contributed by atoms with Crippen molar-refractivity contribution in [3.63, 3.8) is 0 Å². The number of aryl methyl sites for hydroxylation is 1. The lowest BCUT2D eigenvalue weighted by Gasteiger charge is -2.34. The first-order valence-corrected chi connectivity index (χ1v) is 12.6. The minimum atomic E-state index is -0.603. The summed E-state index contributed by atoms with van der Waals surface area (Å²) in [5.74, 6) is -1.07. The molecular formula is C26H32N6O5. The molecule has 0 saturated carbocycles. The first-order valence-electron chi connectivity index (χ1n) is 12.6. The minimum absolute atomic E-state index is 0.0105. The van der Waals surface area contributed by atoms with Crippen molar-refractivity contribution in [3.05, 3.63) is 51.7 Å². The average molecular weight is 509 g/mol. The van der Waals surface area contributed by atoms with Crippen LogP contribution in [0.15, 0.2) is 29.2 Å². The van der Waals surface area contributed by atoms with Crippen molar-refractivity contribution in [1.29, 1.82) is 0 Å². The number of aromatic nitrogens is 4. The second kappa shape index (κ2) is 11.4. The number of ketones is 1. The fraction of sp³-hybridized carbons (Fsp3) is 0.462. The van der Waals surface area contributed by atoms with Crippen LogP contribution in [0.1, 0.15) is 72.6 Å². The number of amides is 2. The number of unbranched alkanes of at least 4 members (excludes halogenated alkanes) is 2.